The van der Waals surface area contributed by atoms with Crippen LogP contribution in [0.25, 0.3) is 0 Å². The largest absolute Gasteiger partial charge is 0.496 e. The molecule has 20 heavy (non-hydrogen) atoms. The van der Waals surface area contributed by atoms with Gasteiger partial charge in [-0.2, -0.15) is 13.2 Å². The lowest BCUT2D eigenvalue weighted by molar-refractivity contribution is -0.179. The summed E-state index contributed by atoms with van der Waals surface area (Å²) in [5.41, 5.74) is 1.91. The van der Waals surface area contributed by atoms with E-state index < -0.39 is 25.5 Å². The number of rotatable bonds is 5. The molecule has 0 aliphatic heterocycles. The van der Waals surface area contributed by atoms with E-state index in [1.54, 1.807) is 13.8 Å². The highest BCUT2D eigenvalue weighted by Crippen LogP contribution is 2.36. The van der Waals surface area contributed by atoms with Crippen molar-refractivity contribution in [2.75, 3.05) is 20.3 Å². The molecule has 114 valence electrons. The summed E-state index contributed by atoms with van der Waals surface area (Å²) in [6.45, 7) is 1.69. The summed E-state index contributed by atoms with van der Waals surface area (Å²) < 4.78 is 46.5. The molecule has 0 aromatic heterocycles. The molecule has 0 saturated heterocycles. The van der Waals surface area contributed by atoms with E-state index in [1.807, 2.05) is 6.07 Å². The summed E-state index contributed by atoms with van der Waals surface area (Å²) >= 11 is 3.34. The molecule has 0 aliphatic rings. The number of alkyl halides is 3. The highest BCUT2D eigenvalue weighted by Gasteiger charge is 2.28. The van der Waals surface area contributed by atoms with E-state index in [0.29, 0.717) is 16.9 Å². The van der Waals surface area contributed by atoms with Crippen molar-refractivity contribution in [3.63, 3.8) is 0 Å². The summed E-state index contributed by atoms with van der Waals surface area (Å²) in [6, 6.07) is 1.82. The second-order valence-corrected chi connectivity index (χ2v) is 5.25. The highest BCUT2D eigenvalue weighted by molar-refractivity contribution is 9.10. The van der Waals surface area contributed by atoms with Gasteiger partial charge in [-0.1, -0.05) is 15.9 Å². The van der Waals surface area contributed by atoms with E-state index in [2.05, 4.69) is 20.7 Å². The zero-order valence-electron chi connectivity index (χ0n) is 11.3. The van der Waals surface area contributed by atoms with Crippen molar-refractivity contribution >= 4 is 15.9 Å². The molecule has 1 unspecified atom stereocenters. The maximum Gasteiger partial charge on any atom is 0.411 e. The van der Waals surface area contributed by atoms with Crippen molar-refractivity contribution in [2.24, 2.45) is 0 Å². The lowest BCUT2D eigenvalue weighted by Gasteiger charge is -2.20. The van der Waals surface area contributed by atoms with Gasteiger partial charge in [-0.05, 0) is 31.0 Å². The van der Waals surface area contributed by atoms with E-state index in [-0.39, 0.29) is 0 Å². The normalized spacial score (nSPS) is 13.4. The summed E-state index contributed by atoms with van der Waals surface area (Å²) in [6.07, 6.45) is -5.60. The number of benzene rings is 1. The van der Waals surface area contributed by atoms with Crippen LogP contribution in [0.4, 0.5) is 13.2 Å². The average Bonchev–Trinajstić information content (AvgIpc) is 2.31. The summed E-state index contributed by atoms with van der Waals surface area (Å²) in [5, 5.41) is 10.1. The fraction of sp³-hybridized carbons (Fsp3) is 0.538. The molecule has 1 rings (SSSR count). The van der Waals surface area contributed by atoms with Crippen LogP contribution >= 0.6 is 15.9 Å². The second-order valence-electron chi connectivity index (χ2n) is 4.39. The van der Waals surface area contributed by atoms with Gasteiger partial charge in [-0.25, -0.2) is 0 Å². The lowest BCUT2D eigenvalue weighted by Crippen LogP contribution is -2.20. The molecule has 0 fully saturated rings. The SMILES string of the molecule is COc1c(C)cc(Br)c(C)c1C(O)COCC(F)(F)F. The van der Waals surface area contributed by atoms with Gasteiger partial charge in [0.15, 0.2) is 0 Å². The molecule has 0 radical (unpaired) electrons. The Morgan fingerprint density at radius 2 is 1.95 bits per heavy atom. The fourth-order valence-electron chi connectivity index (χ4n) is 1.92. The monoisotopic (exact) mass is 356 g/mol. The second kappa shape index (κ2) is 6.78. The zero-order valence-corrected chi connectivity index (χ0v) is 12.9. The van der Waals surface area contributed by atoms with Crippen LogP contribution in [0.1, 0.15) is 22.8 Å². The van der Waals surface area contributed by atoms with Crippen LogP contribution in [0.15, 0.2) is 10.5 Å². The average molecular weight is 357 g/mol. The minimum absolute atomic E-state index is 0.432. The van der Waals surface area contributed by atoms with Crippen LogP contribution in [0.5, 0.6) is 5.75 Å². The predicted molar refractivity (Wildman–Crippen MR) is 72.0 cm³/mol. The quantitative estimate of drug-likeness (QED) is 0.874. The minimum atomic E-state index is -4.41. The molecule has 0 bridgehead atoms. The summed E-state index contributed by atoms with van der Waals surface area (Å²) in [5.74, 6) is 0.453. The maximum atomic E-state index is 12.0. The van der Waals surface area contributed by atoms with Gasteiger partial charge in [0, 0.05) is 10.0 Å². The van der Waals surface area contributed by atoms with Crippen LogP contribution in [0.3, 0.4) is 0 Å². The maximum absolute atomic E-state index is 12.0. The van der Waals surface area contributed by atoms with Gasteiger partial charge >= 0.3 is 6.18 Å². The Morgan fingerprint density at radius 1 is 1.35 bits per heavy atom. The number of aryl methyl sites for hydroxylation is 1. The first-order valence-corrected chi connectivity index (χ1v) is 6.62. The van der Waals surface area contributed by atoms with Crippen molar-refractivity contribution in [3.05, 3.63) is 27.2 Å². The summed E-state index contributed by atoms with van der Waals surface area (Å²) in [7, 11) is 1.45. The number of hydrogen-bond donors (Lipinski definition) is 1. The van der Waals surface area contributed by atoms with Crippen LogP contribution in [0.2, 0.25) is 0 Å². The smallest absolute Gasteiger partial charge is 0.411 e. The molecule has 1 atom stereocenters. The molecule has 0 spiro atoms. The van der Waals surface area contributed by atoms with Crippen molar-refractivity contribution in [1.82, 2.24) is 0 Å². The Balaban J connectivity index is 2.94. The molecule has 3 nitrogen and oxygen atoms in total. The van der Waals surface area contributed by atoms with Gasteiger partial charge < -0.3 is 14.6 Å². The van der Waals surface area contributed by atoms with Crippen molar-refractivity contribution in [1.29, 1.82) is 0 Å². The van der Waals surface area contributed by atoms with Gasteiger partial charge in [-0.15, -0.1) is 0 Å². The van der Waals surface area contributed by atoms with Gasteiger partial charge in [-0.3, -0.25) is 0 Å². The van der Waals surface area contributed by atoms with Crippen LogP contribution in [0, 0.1) is 13.8 Å². The number of aliphatic hydroxyl groups is 1. The molecular formula is C13H16BrF3O3. The molecular weight excluding hydrogens is 341 g/mol. The fourth-order valence-corrected chi connectivity index (χ4v) is 2.47. The molecule has 7 heteroatoms. The summed E-state index contributed by atoms with van der Waals surface area (Å²) in [4.78, 5) is 0. The lowest BCUT2D eigenvalue weighted by atomic mass is 9.99. The number of ether oxygens (including phenoxy) is 2. The van der Waals surface area contributed by atoms with Crippen LogP contribution in [-0.2, 0) is 4.74 Å². The van der Waals surface area contributed by atoms with Crippen molar-refractivity contribution < 1.29 is 27.8 Å². The predicted octanol–water partition coefficient (Wildman–Crippen LogP) is 3.69. The van der Waals surface area contributed by atoms with Gasteiger partial charge in [0.05, 0.1) is 13.7 Å². The first kappa shape index (κ1) is 17.3. The Kier molecular flexibility index (Phi) is 5.85. The Hall–Kier alpha value is -0.790. The van der Waals surface area contributed by atoms with Crippen LogP contribution in [-0.4, -0.2) is 31.6 Å². The molecule has 0 amide bonds. The minimum Gasteiger partial charge on any atom is -0.496 e. The van der Waals surface area contributed by atoms with Gasteiger partial charge in [0.2, 0.25) is 0 Å². The molecule has 0 saturated carbocycles. The first-order valence-electron chi connectivity index (χ1n) is 5.83. The third kappa shape index (κ3) is 4.36. The first-order chi connectivity index (χ1) is 9.17. The molecule has 0 aliphatic carbocycles. The van der Waals surface area contributed by atoms with E-state index in [1.165, 1.54) is 7.11 Å². The third-order valence-corrected chi connectivity index (χ3v) is 3.61. The Labute approximate surface area is 123 Å². The van der Waals surface area contributed by atoms with Crippen LogP contribution < -0.4 is 4.74 Å². The number of hydrogen-bond acceptors (Lipinski definition) is 3. The van der Waals surface area contributed by atoms with Crippen molar-refractivity contribution in [2.45, 2.75) is 26.1 Å². The Bertz CT molecular complexity index is 475. The van der Waals surface area contributed by atoms with E-state index >= 15 is 0 Å². The molecule has 1 aromatic carbocycles. The van der Waals surface area contributed by atoms with E-state index in [0.717, 1.165) is 10.0 Å². The van der Waals surface area contributed by atoms with E-state index in [4.69, 9.17) is 4.74 Å². The van der Waals surface area contributed by atoms with Gasteiger partial charge in [0.1, 0.15) is 18.5 Å². The Morgan fingerprint density at radius 3 is 2.45 bits per heavy atom. The van der Waals surface area contributed by atoms with Gasteiger partial charge in [0.25, 0.3) is 0 Å². The number of methoxy groups -OCH3 is 1. The zero-order chi connectivity index (χ0) is 15.5. The van der Waals surface area contributed by atoms with Crippen molar-refractivity contribution in [3.8, 4) is 5.75 Å². The number of aliphatic hydroxyl groups excluding tert-OH is 1. The third-order valence-electron chi connectivity index (χ3n) is 2.79. The topological polar surface area (TPSA) is 38.7 Å². The number of halogens is 4. The molecule has 0 heterocycles. The standard InChI is InChI=1S/C13H16BrF3O3/c1-7-4-9(14)8(2)11(12(7)19-3)10(18)5-20-6-13(15,16)17/h4,10,18H,5-6H2,1-3H3. The molecule has 1 aromatic rings. The van der Waals surface area contributed by atoms with E-state index in [9.17, 15) is 18.3 Å². The molecule has 1 N–H and O–H groups in total. The highest BCUT2D eigenvalue weighted by atomic mass is 79.9.